The van der Waals surface area contributed by atoms with E-state index >= 15 is 0 Å². The molecule has 0 atom stereocenters. The summed E-state index contributed by atoms with van der Waals surface area (Å²) >= 11 is 0. The predicted molar refractivity (Wildman–Crippen MR) is 97.1 cm³/mol. The molecule has 0 radical (unpaired) electrons. The van der Waals surface area contributed by atoms with Gasteiger partial charge in [-0.05, 0) is 60.6 Å². The highest BCUT2D eigenvalue weighted by molar-refractivity contribution is 5.66. The fourth-order valence-electron chi connectivity index (χ4n) is 3.18. The number of hydrogen-bond acceptors (Lipinski definition) is 1. The van der Waals surface area contributed by atoms with E-state index in [4.69, 9.17) is 0 Å². The number of nitrogens with zero attached hydrogens (tertiary/aromatic N) is 2. The van der Waals surface area contributed by atoms with E-state index in [9.17, 15) is 0 Å². The van der Waals surface area contributed by atoms with Gasteiger partial charge in [0.05, 0.1) is 11.4 Å². The molecule has 0 saturated heterocycles. The Labute approximate surface area is 138 Å². The largest absolute Gasteiger partial charge is 0.240 e. The zero-order chi connectivity index (χ0) is 16.2. The normalized spacial score (nSPS) is 11.1. The van der Waals surface area contributed by atoms with E-state index < -0.39 is 0 Å². The molecule has 2 heteroatoms. The van der Waals surface area contributed by atoms with E-state index in [1.54, 1.807) is 0 Å². The first-order valence-electron chi connectivity index (χ1n) is 8.45. The van der Waals surface area contributed by atoms with Crippen LogP contribution in [0.15, 0.2) is 60.8 Å². The molecule has 0 unspecified atom stereocenters. The molecule has 0 aliphatic heterocycles. The smallest absolute Gasteiger partial charge is 0.0680 e. The van der Waals surface area contributed by atoms with Gasteiger partial charge in [0.1, 0.15) is 0 Å². The monoisotopic (exact) mass is 304 g/mol. The first-order valence-corrected chi connectivity index (χ1v) is 8.45. The van der Waals surface area contributed by atoms with Crippen molar-refractivity contribution >= 4 is 0 Å². The Hall–Kier alpha value is -2.35. The molecule has 0 aliphatic rings. The standard InChI is InChI=1S/C21H24N2/c1-4-17(5-2)20-15-19(18-9-7-6-8-10-18)11-12-21(20)23-14-13-16(3)22-23/h6-15,17H,4-5H2,1-3H3. The van der Waals surface area contributed by atoms with Crippen LogP contribution in [0.4, 0.5) is 0 Å². The van der Waals surface area contributed by atoms with Crippen LogP contribution >= 0.6 is 0 Å². The van der Waals surface area contributed by atoms with Gasteiger partial charge in [-0.2, -0.15) is 5.10 Å². The summed E-state index contributed by atoms with van der Waals surface area (Å²) in [6.07, 6.45) is 4.34. The van der Waals surface area contributed by atoms with Crippen LogP contribution in [0.5, 0.6) is 0 Å². The molecule has 0 spiro atoms. The fourth-order valence-corrected chi connectivity index (χ4v) is 3.18. The SMILES string of the molecule is CCC(CC)c1cc(-c2ccccc2)ccc1-n1ccc(C)n1. The van der Waals surface area contributed by atoms with Gasteiger partial charge in [-0.1, -0.05) is 50.2 Å². The molecule has 0 N–H and O–H groups in total. The third-order valence-electron chi connectivity index (χ3n) is 4.53. The molecule has 2 aromatic carbocycles. The minimum Gasteiger partial charge on any atom is -0.240 e. The van der Waals surface area contributed by atoms with E-state index in [0.29, 0.717) is 5.92 Å². The van der Waals surface area contributed by atoms with Crippen molar-refractivity contribution in [2.24, 2.45) is 0 Å². The highest BCUT2D eigenvalue weighted by atomic mass is 15.3. The Morgan fingerprint density at radius 3 is 2.26 bits per heavy atom. The summed E-state index contributed by atoms with van der Waals surface area (Å²) in [6.45, 7) is 6.56. The summed E-state index contributed by atoms with van der Waals surface area (Å²) in [7, 11) is 0. The fraction of sp³-hybridized carbons (Fsp3) is 0.286. The zero-order valence-electron chi connectivity index (χ0n) is 14.2. The molecular formula is C21H24N2. The van der Waals surface area contributed by atoms with Crippen molar-refractivity contribution in [3.05, 3.63) is 72.1 Å². The Balaban J connectivity index is 2.13. The van der Waals surface area contributed by atoms with E-state index in [-0.39, 0.29) is 0 Å². The molecule has 0 saturated carbocycles. The molecule has 1 aromatic heterocycles. The average molecular weight is 304 g/mol. The summed E-state index contributed by atoms with van der Waals surface area (Å²) in [5.41, 5.74) is 6.18. The number of aromatic nitrogens is 2. The van der Waals surface area contributed by atoms with Crippen LogP contribution in [0.3, 0.4) is 0 Å². The molecule has 0 bridgehead atoms. The van der Waals surface area contributed by atoms with E-state index in [1.165, 1.54) is 22.4 Å². The van der Waals surface area contributed by atoms with Crippen LogP contribution in [-0.2, 0) is 0 Å². The van der Waals surface area contributed by atoms with E-state index in [1.807, 2.05) is 11.6 Å². The summed E-state index contributed by atoms with van der Waals surface area (Å²) in [6, 6.07) is 19.4. The lowest BCUT2D eigenvalue weighted by Crippen LogP contribution is -2.05. The van der Waals surface area contributed by atoms with E-state index in [0.717, 1.165) is 18.5 Å². The van der Waals surface area contributed by atoms with Crippen LogP contribution < -0.4 is 0 Å². The maximum atomic E-state index is 4.61. The van der Waals surface area contributed by atoms with Crippen molar-refractivity contribution < 1.29 is 0 Å². The molecule has 118 valence electrons. The van der Waals surface area contributed by atoms with Crippen molar-refractivity contribution in [2.75, 3.05) is 0 Å². The predicted octanol–water partition coefficient (Wildman–Crippen LogP) is 5.75. The Morgan fingerprint density at radius 2 is 1.65 bits per heavy atom. The summed E-state index contributed by atoms with van der Waals surface area (Å²) < 4.78 is 2.01. The van der Waals surface area contributed by atoms with Crippen molar-refractivity contribution in [2.45, 2.75) is 39.5 Å². The quantitative estimate of drug-likeness (QED) is 0.586. The van der Waals surface area contributed by atoms with Crippen LogP contribution in [0.2, 0.25) is 0 Å². The summed E-state index contributed by atoms with van der Waals surface area (Å²) in [5.74, 6) is 0.554. The number of hydrogen-bond donors (Lipinski definition) is 0. The lowest BCUT2D eigenvalue weighted by Gasteiger charge is -2.19. The average Bonchev–Trinajstić information content (AvgIpc) is 3.03. The molecule has 0 aliphatic carbocycles. The van der Waals surface area contributed by atoms with Gasteiger partial charge in [0, 0.05) is 6.20 Å². The second kappa shape index (κ2) is 6.82. The highest BCUT2D eigenvalue weighted by Crippen LogP contribution is 2.32. The molecule has 1 heterocycles. The van der Waals surface area contributed by atoms with Crippen molar-refractivity contribution in [1.82, 2.24) is 9.78 Å². The first kappa shape index (κ1) is 15.5. The lowest BCUT2D eigenvalue weighted by molar-refractivity contribution is 0.634. The Morgan fingerprint density at radius 1 is 0.913 bits per heavy atom. The van der Waals surface area contributed by atoms with Gasteiger partial charge in [0.2, 0.25) is 0 Å². The van der Waals surface area contributed by atoms with Gasteiger partial charge in [-0.3, -0.25) is 0 Å². The van der Waals surface area contributed by atoms with Crippen LogP contribution in [0, 0.1) is 6.92 Å². The second-order valence-electron chi connectivity index (χ2n) is 6.05. The number of aryl methyl sites for hydroxylation is 1. The molecule has 3 aromatic rings. The van der Waals surface area contributed by atoms with Crippen LogP contribution in [0.25, 0.3) is 16.8 Å². The van der Waals surface area contributed by atoms with Gasteiger partial charge in [-0.15, -0.1) is 0 Å². The second-order valence-corrected chi connectivity index (χ2v) is 6.05. The zero-order valence-corrected chi connectivity index (χ0v) is 14.2. The molecule has 23 heavy (non-hydrogen) atoms. The molecule has 0 fully saturated rings. The Kier molecular flexibility index (Phi) is 4.61. The maximum Gasteiger partial charge on any atom is 0.0680 e. The van der Waals surface area contributed by atoms with Crippen molar-refractivity contribution in [3.63, 3.8) is 0 Å². The van der Waals surface area contributed by atoms with Gasteiger partial charge < -0.3 is 0 Å². The minimum absolute atomic E-state index is 0.554. The van der Waals surface area contributed by atoms with Crippen LogP contribution in [-0.4, -0.2) is 9.78 Å². The molecular weight excluding hydrogens is 280 g/mol. The topological polar surface area (TPSA) is 17.8 Å². The summed E-state index contributed by atoms with van der Waals surface area (Å²) in [5, 5.41) is 4.61. The first-order chi connectivity index (χ1) is 11.2. The summed E-state index contributed by atoms with van der Waals surface area (Å²) in [4.78, 5) is 0. The third-order valence-corrected chi connectivity index (χ3v) is 4.53. The minimum atomic E-state index is 0.554. The lowest BCUT2D eigenvalue weighted by atomic mass is 9.90. The third kappa shape index (κ3) is 3.21. The number of rotatable bonds is 5. The number of benzene rings is 2. The molecule has 2 nitrogen and oxygen atoms in total. The highest BCUT2D eigenvalue weighted by Gasteiger charge is 2.15. The van der Waals surface area contributed by atoms with Crippen LogP contribution in [0.1, 0.15) is 43.9 Å². The van der Waals surface area contributed by atoms with Crippen molar-refractivity contribution in [1.29, 1.82) is 0 Å². The molecule has 0 amide bonds. The Bertz CT molecular complexity index is 768. The van der Waals surface area contributed by atoms with Gasteiger partial charge in [0.25, 0.3) is 0 Å². The van der Waals surface area contributed by atoms with E-state index in [2.05, 4.69) is 79.7 Å². The van der Waals surface area contributed by atoms with Gasteiger partial charge >= 0.3 is 0 Å². The molecule has 3 rings (SSSR count). The van der Waals surface area contributed by atoms with Gasteiger partial charge in [-0.25, -0.2) is 4.68 Å². The van der Waals surface area contributed by atoms with Crippen molar-refractivity contribution in [3.8, 4) is 16.8 Å². The van der Waals surface area contributed by atoms with Gasteiger partial charge in [0.15, 0.2) is 0 Å². The maximum absolute atomic E-state index is 4.61.